The van der Waals surface area contributed by atoms with E-state index < -0.39 is 6.10 Å². The zero-order valence-electron chi connectivity index (χ0n) is 14.7. The molecule has 0 saturated heterocycles. The van der Waals surface area contributed by atoms with Gasteiger partial charge in [-0.3, -0.25) is 0 Å². The van der Waals surface area contributed by atoms with Crippen molar-refractivity contribution in [2.24, 2.45) is 0 Å². The summed E-state index contributed by atoms with van der Waals surface area (Å²) in [5.74, 6) is 1.61. The third-order valence-electron chi connectivity index (χ3n) is 4.53. The van der Waals surface area contributed by atoms with Crippen LogP contribution in [-0.2, 0) is 6.54 Å². The summed E-state index contributed by atoms with van der Waals surface area (Å²) in [6, 6.07) is 7.21. The molecule has 2 atom stereocenters. The average molecular weight is 343 g/mol. The van der Waals surface area contributed by atoms with Gasteiger partial charge < -0.3 is 15.7 Å². The van der Waals surface area contributed by atoms with Crippen molar-refractivity contribution in [2.75, 3.05) is 5.32 Å². The van der Waals surface area contributed by atoms with Crippen LogP contribution in [0.1, 0.15) is 42.9 Å². The molecule has 3 rings (SSSR count). The first-order valence-electron chi connectivity index (χ1n) is 8.74. The van der Waals surface area contributed by atoms with E-state index in [9.17, 15) is 9.90 Å². The molecule has 0 spiro atoms. The van der Waals surface area contributed by atoms with Crippen LogP contribution in [0.2, 0.25) is 0 Å². The number of hydrogen-bond acceptors (Lipinski definition) is 4. The normalized spacial score (nSPS) is 20.3. The van der Waals surface area contributed by atoms with Gasteiger partial charge >= 0.3 is 6.03 Å². The first-order valence-corrected chi connectivity index (χ1v) is 8.74. The number of anilines is 1. The Hall–Kier alpha value is -2.41. The maximum atomic E-state index is 12.2. The van der Waals surface area contributed by atoms with Crippen molar-refractivity contribution in [3.8, 4) is 0 Å². The number of aliphatic hydroxyl groups is 1. The van der Waals surface area contributed by atoms with Crippen LogP contribution in [0.5, 0.6) is 0 Å². The molecular formula is C18H25N5O2. The van der Waals surface area contributed by atoms with Crippen molar-refractivity contribution in [3.05, 3.63) is 41.5 Å². The minimum absolute atomic E-state index is 0.169. The largest absolute Gasteiger partial charge is 0.391 e. The Morgan fingerprint density at radius 3 is 2.84 bits per heavy atom. The van der Waals surface area contributed by atoms with Crippen LogP contribution >= 0.6 is 0 Å². The maximum Gasteiger partial charge on any atom is 0.319 e. The molecule has 1 heterocycles. The third kappa shape index (κ3) is 4.57. The van der Waals surface area contributed by atoms with Crippen LogP contribution in [-0.4, -0.2) is 38.0 Å². The number of nitrogens with zero attached hydrogens (tertiary/aromatic N) is 3. The predicted molar refractivity (Wildman–Crippen MR) is 95.5 cm³/mol. The van der Waals surface area contributed by atoms with E-state index >= 15 is 0 Å². The fourth-order valence-electron chi connectivity index (χ4n) is 3.25. The van der Waals surface area contributed by atoms with Gasteiger partial charge in [0, 0.05) is 5.69 Å². The summed E-state index contributed by atoms with van der Waals surface area (Å²) in [6.07, 6.45) is 3.17. The number of aliphatic hydroxyl groups excluding tert-OH is 1. The Balaban J connectivity index is 1.61. The lowest BCUT2D eigenvalue weighted by Gasteiger charge is -2.28. The van der Waals surface area contributed by atoms with Crippen LogP contribution < -0.4 is 10.6 Å². The zero-order valence-corrected chi connectivity index (χ0v) is 14.7. The first kappa shape index (κ1) is 17.4. The Morgan fingerprint density at radius 1 is 1.32 bits per heavy atom. The molecule has 0 bridgehead atoms. The first-order chi connectivity index (χ1) is 12.0. The molecule has 0 radical (unpaired) electrons. The van der Waals surface area contributed by atoms with Crippen molar-refractivity contribution < 1.29 is 9.90 Å². The highest BCUT2D eigenvalue weighted by Crippen LogP contribution is 2.19. The molecule has 1 aromatic heterocycles. The molecule has 0 aliphatic heterocycles. The lowest BCUT2D eigenvalue weighted by molar-refractivity contribution is 0.0955. The van der Waals surface area contributed by atoms with Crippen LogP contribution in [0.4, 0.5) is 10.5 Å². The highest BCUT2D eigenvalue weighted by Gasteiger charge is 2.24. The number of amides is 2. The Bertz CT molecular complexity index is 743. The number of hydrogen-bond donors (Lipinski definition) is 3. The SMILES string of the molecule is Cc1nc(C)n(Cc2cccc(NC(=O)NC3CCCCC3O)c2)n1. The topological polar surface area (TPSA) is 92.1 Å². The third-order valence-corrected chi connectivity index (χ3v) is 4.53. The molecule has 1 aliphatic rings. The molecule has 7 heteroatoms. The van der Waals surface area contributed by atoms with Gasteiger partial charge in [0.1, 0.15) is 11.6 Å². The van der Waals surface area contributed by atoms with Crippen LogP contribution in [0.25, 0.3) is 0 Å². The molecule has 1 fully saturated rings. The molecule has 25 heavy (non-hydrogen) atoms. The van der Waals surface area contributed by atoms with E-state index in [-0.39, 0.29) is 12.1 Å². The van der Waals surface area contributed by atoms with Gasteiger partial charge in [0.2, 0.25) is 0 Å². The maximum absolute atomic E-state index is 12.2. The van der Waals surface area contributed by atoms with E-state index in [1.165, 1.54) is 0 Å². The number of rotatable bonds is 4. The van der Waals surface area contributed by atoms with Gasteiger partial charge in [-0.1, -0.05) is 25.0 Å². The lowest BCUT2D eigenvalue weighted by atomic mass is 9.93. The number of nitrogens with one attached hydrogen (secondary N) is 2. The second-order valence-corrected chi connectivity index (χ2v) is 6.62. The van der Waals surface area contributed by atoms with Gasteiger partial charge in [0.25, 0.3) is 0 Å². The summed E-state index contributed by atoms with van der Waals surface area (Å²) in [5.41, 5.74) is 1.75. The molecule has 1 saturated carbocycles. The predicted octanol–water partition coefficient (Wildman–Crippen LogP) is 2.37. The fourth-order valence-corrected chi connectivity index (χ4v) is 3.25. The minimum Gasteiger partial charge on any atom is -0.391 e. The van der Waals surface area contributed by atoms with Gasteiger partial charge in [-0.05, 0) is 44.4 Å². The number of aryl methyl sites for hydroxylation is 2. The number of aromatic nitrogens is 3. The van der Waals surface area contributed by atoms with Crippen molar-refractivity contribution in [1.29, 1.82) is 0 Å². The molecule has 1 aromatic carbocycles. The molecule has 2 aromatic rings. The fraction of sp³-hybridized carbons (Fsp3) is 0.500. The monoisotopic (exact) mass is 343 g/mol. The summed E-state index contributed by atoms with van der Waals surface area (Å²) in [5, 5.41) is 20.0. The van der Waals surface area contributed by atoms with E-state index in [2.05, 4.69) is 20.7 Å². The molecule has 2 unspecified atom stereocenters. The van der Waals surface area contributed by atoms with Gasteiger partial charge in [0.05, 0.1) is 18.7 Å². The van der Waals surface area contributed by atoms with E-state index in [1.54, 1.807) is 0 Å². The molecule has 134 valence electrons. The van der Waals surface area contributed by atoms with Gasteiger partial charge in [-0.25, -0.2) is 14.5 Å². The number of carbonyl (C=O) groups is 1. The Labute approximate surface area is 147 Å². The van der Waals surface area contributed by atoms with E-state index in [4.69, 9.17) is 0 Å². The number of urea groups is 1. The van der Waals surface area contributed by atoms with E-state index in [1.807, 2.05) is 42.8 Å². The second-order valence-electron chi connectivity index (χ2n) is 6.62. The summed E-state index contributed by atoms with van der Waals surface area (Å²) in [7, 11) is 0. The Morgan fingerprint density at radius 2 is 2.12 bits per heavy atom. The quantitative estimate of drug-likeness (QED) is 0.795. The van der Waals surface area contributed by atoms with Crippen molar-refractivity contribution in [3.63, 3.8) is 0 Å². The van der Waals surface area contributed by atoms with Crippen LogP contribution in [0.3, 0.4) is 0 Å². The lowest BCUT2D eigenvalue weighted by Crippen LogP contribution is -2.46. The minimum atomic E-state index is -0.454. The summed E-state index contributed by atoms with van der Waals surface area (Å²) >= 11 is 0. The van der Waals surface area contributed by atoms with Crippen molar-refractivity contribution in [1.82, 2.24) is 20.1 Å². The van der Waals surface area contributed by atoms with Crippen LogP contribution in [0, 0.1) is 13.8 Å². The summed E-state index contributed by atoms with van der Waals surface area (Å²) in [6.45, 7) is 4.39. The standard InChI is InChI=1S/C18H25N5O2/c1-12-19-13(2)23(22-12)11-14-6-5-7-15(10-14)20-18(25)21-16-8-3-4-9-17(16)24/h5-7,10,16-17,24H,3-4,8-9,11H2,1-2H3,(H2,20,21,25). The van der Waals surface area contributed by atoms with Crippen molar-refractivity contribution >= 4 is 11.7 Å². The highest BCUT2D eigenvalue weighted by molar-refractivity contribution is 5.89. The van der Waals surface area contributed by atoms with E-state index in [0.29, 0.717) is 6.54 Å². The summed E-state index contributed by atoms with van der Waals surface area (Å²) in [4.78, 5) is 16.5. The second kappa shape index (κ2) is 7.65. The smallest absolute Gasteiger partial charge is 0.319 e. The zero-order chi connectivity index (χ0) is 17.8. The van der Waals surface area contributed by atoms with Crippen molar-refractivity contribution in [2.45, 2.75) is 58.2 Å². The summed E-state index contributed by atoms with van der Waals surface area (Å²) < 4.78 is 1.84. The van der Waals surface area contributed by atoms with Crippen LogP contribution in [0.15, 0.2) is 24.3 Å². The number of benzene rings is 1. The van der Waals surface area contributed by atoms with Gasteiger partial charge in [-0.2, -0.15) is 5.10 Å². The number of carbonyl (C=O) groups excluding carboxylic acids is 1. The molecule has 2 amide bonds. The van der Waals surface area contributed by atoms with Gasteiger partial charge in [0.15, 0.2) is 0 Å². The molecule has 1 aliphatic carbocycles. The molecular weight excluding hydrogens is 318 g/mol. The Kier molecular flexibility index (Phi) is 5.33. The van der Waals surface area contributed by atoms with Gasteiger partial charge in [-0.15, -0.1) is 0 Å². The van der Waals surface area contributed by atoms with E-state index in [0.717, 1.165) is 48.6 Å². The average Bonchev–Trinajstić information content (AvgIpc) is 2.87. The highest BCUT2D eigenvalue weighted by atomic mass is 16.3. The molecule has 3 N–H and O–H groups in total. The molecule has 7 nitrogen and oxygen atoms in total.